The van der Waals surface area contributed by atoms with Gasteiger partial charge in [0.1, 0.15) is 11.5 Å². The first-order chi connectivity index (χ1) is 13.7. The lowest BCUT2D eigenvalue weighted by molar-refractivity contribution is -0.121. The van der Waals surface area contributed by atoms with Gasteiger partial charge >= 0.3 is 0 Å². The van der Waals surface area contributed by atoms with Crippen molar-refractivity contribution < 1.29 is 27.5 Å². The molecule has 9 heteroatoms. The maximum atomic E-state index is 13.0. The number of carbonyl (C=O) groups excluding carboxylic acids is 2. The number of hydrogen-bond donors (Lipinski definition) is 1. The zero-order valence-corrected chi connectivity index (χ0v) is 17.2. The van der Waals surface area contributed by atoms with Crippen LogP contribution in [0.4, 0.5) is 11.4 Å². The number of carbonyl (C=O) groups is 2. The number of benzene rings is 2. The minimum absolute atomic E-state index is 0.0805. The second-order valence-corrected chi connectivity index (χ2v) is 8.41. The van der Waals surface area contributed by atoms with E-state index in [4.69, 9.17) is 9.47 Å². The summed E-state index contributed by atoms with van der Waals surface area (Å²) >= 11 is 0. The molecule has 0 radical (unpaired) electrons. The van der Waals surface area contributed by atoms with E-state index in [0.29, 0.717) is 5.75 Å². The second kappa shape index (κ2) is 8.12. The van der Waals surface area contributed by atoms with Crippen LogP contribution in [-0.2, 0) is 19.6 Å². The molecule has 1 heterocycles. The number of rotatable bonds is 7. The first-order valence-electron chi connectivity index (χ1n) is 9.05. The van der Waals surface area contributed by atoms with Crippen LogP contribution >= 0.6 is 0 Å². The monoisotopic (exact) mass is 418 g/mol. The second-order valence-electron chi connectivity index (χ2n) is 6.72. The zero-order chi connectivity index (χ0) is 21.2. The lowest BCUT2D eigenvalue weighted by Crippen LogP contribution is -2.29. The van der Waals surface area contributed by atoms with E-state index in [1.54, 1.807) is 24.3 Å². The van der Waals surface area contributed by atoms with E-state index in [1.807, 2.05) is 13.8 Å². The predicted molar refractivity (Wildman–Crippen MR) is 108 cm³/mol. The molecular weight excluding hydrogens is 396 g/mol. The quantitative estimate of drug-likeness (QED) is 0.694. The standard InChI is InChI=1S/C20H22N2O6S/c1-13(2)28-17-7-5-4-6-15(17)21-29(25,26)14-8-9-18(27-3)16(12-14)22-19(23)10-11-20(22)24/h4-9,12-13,21H,10-11H2,1-3H3. The Kier molecular flexibility index (Phi) is 5.78. The van der Waals surface area contributed by atoms with E-state index >= 15 is 0 Å². The first-order valence-corrected chi connectivity index (χ1v) is 10.5. The third kappa shape index (κ3) is 4.34. The van der Waals surface area contributed by atoms with Gasteiger partial charge < -0.3 is 9.47 Å². The molecule has 0 saturated carbocycles. The molecule has 3 rings (SSSR count). The molecule has 2 amide bonds. The summed E-state index contributed by atoms with van der Waals surface area (Å²) in [5.41, 5.74) is 0.390. The highest BCUT2D eigenvalue weighted by molar-refractivity contribution is 7.92. The zero-order valence-electron chi connectivity index (χ0n) is 16.3. The van der Waals surface area contributed by atoms with Gasteiger partial charge in [-0.05, 0) is 44.2 Å². The Bertz CT molecular complexity index is 1030. The molecule has 2 aromatic rings. The average Bonchev–Trinajstić information content (AvgIpc) is 3.00. The highest BCUT2D eigenvalue weighted by atomic mass is 32.2. The van der Waals surface area contributed by atoms with Crippen LogP contribution in [0.3, 0.4) is 0 Å². The molecule has 0 unspecified atom stereocenters. The summed E-state index contributed by atoms with van der Waals surface area (Å²) in [5.74, 6) is -0.168. The third-order valence-electron chi connectivity index (χ3n) is 4.25. The Morgan fingerprint density at radius 1 is 1.00 bits per heavy atom. The lowest BCUT2D eigenvalue weighted by Gasteiger charge is -2.19. The van der Waals surface area contributed by atoms with Crippen molar-refractivity contribution in [1.82, 2.24) is 0 Å². The SMILES string of the molecule is COc1ccc(S(=O)(=O)Nc2ccccc2OC(C)C)cc1N1C(=O)CCC1=O. The van der Waals surface area contributed by atoms with Crippen molar-refractivity contribution in [1.29, 1.82) is 0 Å². The van der Waals surface area contributed by atoms with Gasteiger partial charge in [-0.15, -0.1) is 0 Å². The summed E-state index contributed by atoms with van der Waals surface area (Å²) in [6.07, 6.45) is 0.0225. The van der Waals surface area contributed by atoms with Crippen LogP contribution in [0.15, 0.2) is 47.4 Å². The molecule has 29 heavy (non-hydrogen) atoms. The van der Waals surface area contributed by atoms with Crippen molar-refractivity contribution in [2.24, 2.45) is 0 Å². The van der Waals surface area contributed by atoms with Crippen LogP contribution in [-0.4, -0.2) is 33.4 Å². The van der Waals surface area contributed by atoms with Gasteiger partial charge in [-0.2, -0.15) is 0 Å². The van der Waals surface area contributed by atoms with Gasteiger partial charge in [-0.3, -0.25) is 14.3 Å². The van der Waals surface area contributed by atoms with E-state index in [-0.39, 0.29) is 41.0 Å². The highest BCUT2D eigenvalue weighted by Gasteiger charge is 2.33. The number of anilines is 2. The summed E-state index contributed by atoms with van der Waals surface area (Å²) in [6, 6.07) is 10.7. The van der Waals surface area contributed by atoms with Crippen molar-refractivity contribution in [2.75, 3.05) is 16.7 Å². The minimum Gasteiger partial charge on any atom is -0.495 e. The molecule has 8 nitrogen and oxygen atoms in total. The van der Waals surface area contributed by atoms with Crippen molar-refractivity contribution in [3.63, 3.8) is 0 Å². The lowest BCUT2D eigenvalue weighted by atomic mass is 10.2. The van der Waals surface area contributed by atoms with E-state index in [0.717, 1.165) is 4.90 Å². The Morgan fingerprint density at radius 2 is 1.66 bits per heavy atom. The summed E-state index contributed by atoms with van der Waals surface area (Å²) in [5, 5.41) is 0. The number of nitrogens with one attached hydrogen (secondary N) is 1. The molecule has 1 fully saturated rings. The Hall–Kier alpha value is -3.07. The van der Waals surface area contributed by atoms with Crippen LogP contribution in [0, 0.1) is 0 Å². The molecule has 0 bridgehead atoms. The number of imide groups is 1. The van der Waals surface area contributed by atoms with Gasteiger partial charge in [0.2, 0.25) is 11.8 Å². The Balaban J connectivity index is 1.99. The van der Waals surface area contributed by atoms with Crippen LogP contribution in [0.25, 0.3) is 0 Å². The number of para-hydroxylation sites is 2. The topological polar surface area (TPSA) is 102 Å². The van der Waals surface area contributed by atoms with Crippen LogP contribution in [0.1, 0.15) is 26.7 Å². The van der Waals surface area contributed by atoms with Crippen LogP contribution in [0.2, 0.25) is 0 Å². The fourth-order valence-corrected chi connectivity index (χ4v) is 4.06. The molecule has 1 aliphatic heterocycles. The van der Waals surface area contributed by atoms with Gasteiger partial charge in [0, 0.05) is 12.8 Å². The molecule has 1 N–H and O–H groups in total. The summed E-state index contributed by atoms with van der Waals surface area (Å²) in [4.78, 5) is 25.1. The Morgan fingerprint density at radius 3 is 2.28 bits per heavy atom. The normalized spacial score (nSPS) is 14.4. The molecular formula is C20H22N2O6S. The number of sulfonamides is 1. The number of methoxy groups -OCH3 is 1. The van der Waals surface area contributed by atoms with Gasteiger partial charge in [-0.1, -0.05) is 12.1 Å². The fourth-order valence-electron chi connectivity index (χ4n) is 2.97. The van der Waals surface area contributed by atoms with Gasteiger partial charge in [0.25, 0.3) is 10.0 Å². The average molecular weight is 418 g/mol. The number of ether oxygens (including phenoxy) is 2. The molecule has 0 aromatic heterocycles. The highest BCUT2D eigenvalue weighted by Crippen LogP contribution is 2.35. The van der Waals surface area contributed by atoms with Crippen molar-refractivity contribution in [2.45, 2.75) is 37.7 Å². The molecule has 2 aromatic carbocycles. The summed E-state index contributed by atoms with van der Waals surface area (Å²) in [6.45, 7) is 3.68. The summed E-state index contributed by atoms with van der Waals surface area (Å²) < 4.78 is 39.3. The molecule has 1 saturated heterocycles. The fraction of sp³-hybridized carbons (Fsp3) is 0.300. The maximum absolute atomic E-state index is 13.0. The van der Waals surface area contributed by atoms with Gasteiger partial charge in [0.05, 0.1) is 29.5 Å². The Labute approximate surface area is 169 Å². The van der Waals surface area contributed by atoms with Crippen molar-refractivity contribution in [3.05, 3.63) is 42.5 Å². The predicted octanol–water partition coefficient (Wildman–Crippen LogP) is 2.94. The molecule has 154 valence electrons. The van der Waals surface area contributed by atoms with Crippen LogP contribution in [0.5, 0.6) is 11.5 Å². The number of hydrogen-bond acceptors (Lipinski definition) is 6. The van der Waals surface area contributed by atoms with Crippen molar-refractivity contribution in [3.8, 4) is 11.5 Å². The summed E-state index contributed by atoms with van der Waals surface area (Å²) in [7, 11) is -2.63. The smallest absolute Gasteiger partial charge is 0.262 e. The van der Waals surface area contributed by atoms with Gasteiger partial charge in [0.15, 0.2) is 0 Å². The van der Waals surface area contributed by atoms with Crippen LogP contribution < -0.4 is 19.1 Å². The van der Waals surface area contributed by atoms with Crippen molar-refractivity contribution >= 4 is 33.2 Å². The molecule has 0 spiro atoms. The first kappa shape index (κ1) is 20.7. The van der Waals surface area contributed by atoms with Gasteiger partial charge in [-0.25, -0.2) is 13.3 Å². The molecule has 0 aliphatic carbocycles. The maximum Gasteiger partial charge on any atom is 0.262 e. The van der Waals surface area contributed by atoms with E-state index in [1.165, 1.54) is 25.3 Å². The minimum atomic E-state index is -4.02. The van der Waals surface area contributed by atoms with E-state index < -0.39 is 21.8 Å². The molecule has 0 atom stereocenters. The number of amides is 2. The molecule has 1 aliphatic rings. The van der Waals surface area contributed by atoms with E-state index in [2.05, 4.69) is 4.72 Å². The largest absolute Gasteiger partial charge is 0.495 e. The van der Waals surface area contributed by atoms with E-state index in [9.17, 15) is 18.0 Å². The third-order valence-corrected chi connectivity index (χ3v) is 5.61. The number of nitrogens with zero attached hydrogens (tertiary/aromatic N) is 1.